The van der Waals surface area contributed by atoms with Crippen molar-refractivity contribution in [3.63, 3.8) is 0 Å². The number of rotatable bonds is 3. The Balaban J connectivity index is 2.42. The van der Waals surface area contributed by atoms with Crippen LogP contribution in [0.2, 0.25) is 0 Å². The summed E-state index contributed by atoms with van der Waals surface area (Å²) in [4.78, 5) is 6.00. The highest BCUT2D eigenvalue weighted by Gasteiger charge is 2.15. The highest BCUT2D eigenvalue weighted by Crippen LogP contribution is 2.34. The molecule has 0 amide bonds. The van der Waals surface area contributed by atoms with E-state index in [9.17, 15) is 0 Å². The number of nitrogens with one attached hydrogen (secondary N) is 1. The van der Waals surface area contributed by atoms with Crippen LogP contribution in [-0.4, -0.2) is 12.0 Å². The van der Waals surface area contributed by atoms with Gasteiger partial charge in [-0.3, -0.25) is 0 Å². The molecule has 0 saturated carbocycles. The Hall–Kier alpha value is -0.710. The molecule has 2 nitrogen and oxygen atoms in total. The first-order valence-electron chi connectivity index (χ1n) is 5.31. The summed E-state index contributed by atoms with van der Waals surface area (Å²) in [6.45, 7) is 6.40. The molecule has 0 radical (unpaired) electrons. The van der Waals surface area contributed by atoms with Crippen molar-refractivity contribution in [2.75, 3.05) is 7.05 Å². The summed E-state index contributed by atoms with van der Waals surface area (Å²) in [6.07, 6.45) is 0. The molecule has 0 aliphatic rings. The van der Waals surface area contributed by atoms with E-state index in [1.165, 1.54) is 16.0 Å². The summed E-state index contributed by atoms with van der Waals surface area (Å²) in [7, 11) is 1.99. The van der Waals surface area contributed by atoms with Gasteiger partial charge < -0.3 is 5.32 Å². The van der Waals surface area contributed by atoms with E-state index in [4.69, 9.17) is 0 Å². The van der Waals surface area contributed by atoms with E-state index in [-0.39, 0.29) is 0 Å². The summed E-state index contributed by atoms with van der Waals surface area (Å²) in [5.41, 5.74) is 3.75. The van der Waals surface area contributed by atoms with Crippen LogP contribution in [-0.2, 0) is 0 Å². The molecule has 4 heteroatoms. The molecule has 0 aliphatic heterocycles. The first kappa shape index (κ1) is 11.8. The first-order chi connectivity index (χ1) is 7.63. The molecular weight excluding hydrogens is 236 g/mol. The van der Waals surface area contributed by atoms with Gasteiger partial charge in [0.25, 0.3) is 0 Å². The summed E-state index contributed by atoms with van der Waals surface area (Å²) in [6, 6.07) is 0.380. The minimum Gasteiger partial charge on any atom is -0.312 e. The number of thiophene rings is 1. The number of hydrogen-bond donors (Lipinski definition) is 1. The van der Waals surface area contributed by atoms with Gasteiger partial charge in [0.15, 0.2) is 0 Å². The Morgan fingerprint density at radius 3 is 2.62 bits per heavy atom. The Bertz CT molecular complexity index is 485. The molecule has 1 N–H and O–H groups in total. The summed E-state index contributed by atoms with van der Waals surface area (Å²) in [5, 5.41) is 8.77. The van der Waals surface area contributed by atoms with E-state index in [1.807, 2.05) is 7.05 Å². The normalized spacial score (nSPS) is 13.0. The van der Waals surface area contributed by atoms with E-state index >= 15 is 0 Å². The highest BCUT2D eigenvalue weighted by molar-refractivity contribution is 7.15. The van der Waals surface area contributed by atoms with Gasteiger partial charge in [0.2, 0.25) is 0 Å². The minimum atomic E-state index is 0.380. The molecular formula is C12H16N2S2. The van der Waals surface area contributed by atoms with Crippen molar-refractivity contribution in [2.45, 2.75) is 26.8 Å². The predicted octanol–water partition coefficient (Wildman–Crippen LogP) is 3.77. The molecule has 0 aliphatic carbocycles. The van der Waals surface area contributed by atoms with Crippen LogP contribution in [0, 0.1) is 13.8 Å². The number of aromatic nitrogens is 1. The fourth-order valence-corrected chi connectivity index (χ4v) is 3.75. The fraction of sp³-hybridized carbons (Fsp3) is 0.417. The van der Waals surface area contributed by atoms with Crippen molar-refractivity contribution >= 4 is 22.7 Å². The Morgan fingerprint density at radius 2 is 2.06 bits per heavy atom. The van der Waals surface area contributed by atoms with Crippen molar-refractivity contribution in [3.05, 3.63) is 26.9 Å². The van der Waals surface area contributed by atoms with Crippen LogP contribution in [0.25, 0.3) is 10.6 Å². The van der Waals surface area contributed by atoms with Gasteiger partial charge in [0.1, 0.15) is 5.01 Å². The van der Waals surface area contributed by atoms with Gasteiger partial charge in [0.05, 0.1) is 5.69 Å². The third-order valence-electron chi connectivity index (χ3n) is 2.74. The van der Waals surface area contributed by atoms with Gasteiger partial charge in [0, 0.05) is 21.9 Å². The molecule has 2 rings (SSSR count). The molecule has 16 heavy (non-hydrogen) atoms. The standard InChI is InChI=1S/C12H16N2S2/c1-7-5-15-6-10(7)12-14-9(3)11(16-12)8(2)13-4/h5-6,8,13H,1-4H3. The molecule has 1 atom stereocenters. The second-order valence-electron chi connectivity index (χ2n) is 3.95. The highest BCUT2D eigenvalue weighted by atomic mass is 32.1. The van der Waals surface area contributed by atoms with Crippen LogP contribution in [0.1, 0.15) is 29.1 Å². The van der Waals surface area contributed by atoms with Crippen molar-refractivity contribution in [1.82, 2.24) is 10.3 Å². The average molecular weight is 252 g/mol. The molecule has 2 aromatic heterocycles. The average Bonchev–Trinajstić information content (AvgIpc) is 2.83. The van der Waals surface area contributed by atoms with Gasteiger partial charge in [-0.05, 0) is 38.8 Å². The largest absolute Gasteiger partial charge is 0.312 e. The minimum absolute atomic E-state index is 0.380. The number of hydrogen-bond acceptors (Lipinski definition) is 4. The van der Waals surface area contributed by atoms with Crippen molar-refractivity contribution in [2.24, 2.45) is 0 Å². The molecule has 0 fully saturated rings. The third-order valence-corrected chi connectivity index (χ3v) is 4.98. The van der Waals surface area contributed by atoms with Crippen LogP contribution in [0.4, 0.5) is 0 Å². The Morgan fingerprint density at radius 1 is 1.31 bits per heavy atom. The van der Waals surface area contributed by atoms with Crippen molar-refractivity contribution < 1.29 is 0 Å². The van der Waals surface area contributed by atoms with Crippen molar-refractivity contribution in [3.8, 4) is 10.6 Å². The maximum Gasteiger partial charge on any atom is 0.125 e. The topological polar surface area (TPSA) is 24.9 Å². The van der Waals surface area contributed by atoms with Gasteiger partial charge in [-0.2, -0.15) is 11.3 Å². The number of nitrogens with zero attached hydrogens (tertiary/aromatic N) is 1. The van der Waals surface area contributed by atoms with E-state index < -0.39 is 0 Å². The van der Waals surface area contributed by atoms with Crippen molar-refractivity contribution in [1.29, 1.82) is 0 Å². The molecule has 0 spiro atoms. The lowest BCUT2D eigenvalue weighted by molar-refractivity contribution is 0.658. The van der Waals surface area contributed by atoms with Crippen LogP contribution >= 0.6 is 22.7 Å². The lowest BCUT2D eigenvalue weighted by Crippen LogP contribution is -2.11. The maximum atomic E-state index is 4.67. The zero-order chi connectivity index (χ0) is 11.7. The van der Waals surface area contributed by atoms with Gasteiger partial charge in [-0.15, -0.1) is 11.3 Å². The summed E-state index contributed by atoms with van der Waals surface area (Å²) in [5.74, 6) is 0. The predicted molar refractivity (Wildman–Crippen MR) is 72.4 cm³/mol. The van der Waals surface area contributed by atoms with Crippen LogP contribution in [0.3, 0.4) is 0 Å². The molecule has 1 unspecified atom stereocenters. The maximum absolute atomic E-state index is 4.67. The van der Waals surface area contributed by atoms with E-state index in [0.717, 1.165) is 10.7 Å². The van der Waals surface area contributed by atoms with E-state index in [0.29, 0.717) is 6.04 Å². The number of thiazole rings is 1. The molecule has 86 valence electrons. The summed E-state index contributed by atoms with van der Waals surface area (Å²) >= 11 is 3.54. The smallest absolute Gasteiger partial charge is 0.125 e. The lowest BCUT2D eigenvalue weighted by Gasteiger charge is -2.06. The van der Waals surface area contributed by atoms with Gasteiger partial charge >= 0.3 is 0 Å². The molecule has 0 saturated heterocycles. The number of aryl methyl sites for hydroxylation is 2. The lowest BCUT2D eigenvalue weighted by atomic mass is 10.2. The second-order valence-corrected chi connectivity index (χ2v) is 5.72. The second kappa shape index (κ2) is 4.65. The Labute approximate surface area is 104 Å². The monoisotopic (exact) mass is 252 g/mol. The van der Waals surface area contributed by atoms with Crippen LogP contribution < -0.4 is 5.32 Å². The molecule has 0 aromatic carbocycles. The first-order valence-corrected chi connectivity index (χ1v) is 7.07. The zero-order valence-electron chi connectivity index (χ0n) is 10.00. The van der Waals surface area contributed by atoms with Gasteiger partial charge in [-0.25, -0.2) is 4.98 Å². The van der Waals surface area contributed by atoms with Crippen LogP contribution in [0.5, 0.6) is 0 Å². The SMILES string of the molecule is CNC(C)c1sc(-c2cscc2C)nc1C. The van der Waals surface area contributed by atoms with E-state index in [1.54, 1.807) is 22.7 Å². The third kappa shape index (κ3) is 2.05. The fourth-order valence-electron chi connectivity index (χ4n) is 1.64. The molecule has 2 heterocycles. The Kier molecular flexibility index (Phi) is 3.42. The molecule has 2 aromatic rings. The summed E-state index contributed by atoms with van der Waals surface area (Å²) < 4.78 is 0. The zero-order valence-corrected chi connectivity index (χ0v) is 11.6. The molecule has 0 bridgehead atoms. The van der Waals surface area contributed by atoms with Crippen LogP contribution in [0.15, 0.2) is 10.8 Å². The van der Waals surface area contributed by atoms with Gasteiger partial charge in [-0.1, -0.05) is 0 Å². The van der Waals surface area contributed by atoms with E-state index in [2.05, 4.69) is 41.8 Å². The quantitative estimate of drug-likeness (QED) is 0.899.